The second-order valence-corrected chi connectivity index (χ2v) is 4.10. The Morgan fingerprint density at radius 2 is 1.88 bits per heavy atom. The summed E-state index contributed by atoms with van der Waals surface area (Å²) in [6.45, 7) is 0.468. The molecule has 13 heteroatoms. The quantitative estimate of drug-likeness (QED) is 0.313. The van der Waals surface area contributed by atoms with Crippen molar-refractivity contribution in [2.75, 3.05) is 18.6 Å². The summed E-state index contributed by atoms with van der Waals surface area (Å²) in [5.41, 5.74) is 0.0218. The molecular weight excluding hydrogens is 330 g/mol. The second kappa shape index (κ2) is 8.11. The van der Waals surface area contributed by atoms with Crippen molar-refractivity contribution in [2.45, 2.75) is 6.92 Å². The van der Waals surface area contributed by atoms with E-state index in [0.29, 0.717) is 6.07 Å². The minimum absolute atomic E-state index is 0.0484. The average Bonchev–Trinajstić information content (AvgIpc) is 2.50. The Balaban J connectivity index is 3.16. The Morgan fingerprint density at radius 3 is 2.38 bits per heavy atom. The van der Waals surface area contributed by atoms with Gasteiger partial charge in [0.05, 0.1) is 22.5 Å². The predicted molar refractivity (Wildman–Crippen MR) is 79.3 cm³/mol. The third-order valence-electron chi connectivity index (χ3n) is 2.49. The van der Waals surface area contributed by atoms with Crippen molar-refractivity contribution in [3.63, 3.8) is 0 Å². The van der Waals surface area contributed by atoms with Gasteiger partial charge >= 0.3 is 11.7 Å². The first-order valence-electron chi connectivity index (χ1n) is 6.30. The number of nitrogens with one attached hydrogen (secondary N) is 1. The van der Waals surface area contributed by atoms with Crippen LogP contribution in [0.4, 0.5) is 17.1 Å². The van der Waals surface area contributed by atoms with E-state index in [-0.39, 0.29) is 12.3 Å². The van der Waals surface area contributed by atoms with Crippen molar-refractivity contribution >= 4 is 28.7 Å². The summed E-state index contributed by atoms with van der Waals surface area (Å²) in [5.74, 6) is -1.06. The molecule has 0 aromatic heterocycles. The van der Waals surface area contributed by atoms with Gasteiger partial charge in [-0.25, -0.2) is 4.79 Å². The van der Waals surface area contributed by atoms with E-state index in [1.165, 1.54) is 6.92 Å². The molecule has 0 atom stereocenters. The molecule has 1 rings (SSSR count). The zero-order chi connectivity index (χ0) is 18.3. The van der Waals surface area contributed by atoms with Crippen LogP contribution in [0.1, 0.15) is 6.92 Å². The lowest BCUT2D eigenvalue weighted by molar-refractivity contribution is -0.462. The zero-order valence-corrected chi connectivity index (χ0v) is 12.2. The normalized spacial score (nSPS) is 10.8. The molecule has 13 nitrogen and oxygen atoms in total. The van der Waals surface area contributed by atoms with Gasteiger partial charge in [-0.3, -0.25) is 35.8 Å². The van der Waals surface area contributed by atoms with Crippen molar-refractivity contribution in [1.29, 1.82) is 0 Å². The lowest BCUT2D eigenvalue weighted by Gasteiger charge is -2.05. The number of nitro groups is 3. The molecule has 0 radical (unpaired) electrons. The number of ether oxygens (including phenoxy) is 1. The van der Waals surface area contributed by atoms with Gasteiger partial charge in [0.1, 0.15) is 5.69 Å². The van der Waals surface area contributed by atoms with E-state index in [4.69, 9.17) is 0 Å². The van der Waals surface area contributed by atoms with Gasteiger partial charge in [-0.2, -0.15) is 5.10 Å². The Bertz CT molecular complexity index is 716. The highest BCUT2D eigenvalue weighted by molar-refractivity contribution is 6.37. The maximum Gasteiger partial charge on any atom is 0.361 e. The summed E-state index contributed by atoms with van der Waals surface area (Å²) < 4.78 is 4.58. The van der Waals surface area contributed by atoms with E-state index in [9.17, 15) is 35.1 Å². The highest BCUT2D eigenvalue weighted by Gasteiger charge is 2.22. The molecule has 0 aliphatic heterocycles. The fourth-order valence-corrected chi connectivity index (χ4v) is 1.49. The van der Waals surface area contributed by atoms with Gasteiger partial charge in [0.25, 0.3) is 12.2 Å². The summed E-state index contributed by atoms with van der Waals surface area (Å²) in [4.78, 5) is 41.1. The monoisotopic (exact) mass is 341 g/mol. The molecule has 0 bridgehead atoms. The van der Waals surface area contributed by atoms with Gasteiger partial charge < -0.3 is 4.74 Å². The van der Waals surface area contributed by atoms with Crippen LogP contribution in [0, 0.1) is 30.3 Å². The Labute approximate surface area is 133 Å². The van der Waals surface area contributed by atoms with E-state index in [1.807, 2.05) is 0 Å². The summed E-state index contributed by atoms with van der Waals surface area (Å²) in [6.07, 6.45) is 0. The van der Waals surface area contributed by atoms with Crippen molar-refractivity contribution in [3.8, 4) is 0 Å². The molecule has 0 amide bonds. The molecule has 1 N–H and O–H groups in total. The highest BCUT2D eigenvalue weighted by atomic mass is 16.6. The minimum atomic E-state index is -1.06. The third kappa shape index (κ3) is 4.97. The van der Waals surface area contributed by atoms with Crippen LogP contribution in [0.2, 0.25) is 0 Å². The molecular formula is C11H11N5O8. The molecule has 1 aromatic rings. The fourth-order valence-electron chi connectivity index (χ4n) is 1.49. The molecule has 0 heterocycles. The number of nitrogens with zero attached hydrogens (tertiary/aromatic N) is 4. The van der Waals surface area contributed by atoms with E-state index < -0.39 is 44.4 Å². The van der Waals surface area contributed by atoms with E-state index >= 15 is 0 Å². The number of benzene rings is 1. The first-order chi connectivity index (χ1) is 11.3. The minimum Gasteiger partial charge on any atom is -0.461 e. The number of nitro benzene ring substituents is 2. The highest BCUT2D eigenvalue weighted by Crippen LogP contribution is 2.28. The zero-order valence-electron chi connectivity index (χ0n) is 12.2. The molecule has 0 aliphatic carbocycles. The largest absolute Gasteiger partial charge is 0.461 e. The van der Waals surface area contributed by atoms with E-state index in [1.54, 1.807) is 0 Å². The van der Waals surface area contributed by atoms with Crippen LogP contribution in [-0.2, 0) is 9.53 Å². The van der Waals surface area contributed by atoms with Gasteiger partial charge in [-0.05, 0) is 13.0 Å². The van der Waals surface area contributed by atoms with Crippen LogP contribution in [0.3, 0.4) is 0 Å². The maximum atomic E-state index is 11.5. The number of anilines is 1. The average molecular weight is 341 g/mol. The number of carbonyl (C=O) groups is 1. The number of hydrogen-bond acceptors (Lipinski definition) is 10. The third-order valence-corrected chi connectivity index (χ3v) is 2.49. The first-order valence-corrected chi connectivity index (χ1v) is 6.30. The van der Waals surface area contributed by atoms with Gasteiger partial charge in [-0.1, -0.05) is 0 Å². The molecule has 0 aliphatic rings. The Morgan fingerprint density at radius 1 is 1.21 bits per heavy atom. The number of hydrazone groups is 1. The molecule has 0 saturated heterocycles. The van der Waals surface area contributed by atoms with Crippen LogP contribution in [-0.4, -0.2) is 39.6 Å². The van der Waals surface area contributed by atoms with Crippen molar-refractivity contribution in [3.05, 3.63) is 48.5 Å². The van der Waals surface area contributed by atoms with E-state index in [2.05, 4.69) is 15.3 Å². The summed E-state index contributed by atoms with van der Waals surface area (Å²) in [5, 5.41) is 35.6. The maximum absolute atomic E-state index is 11.5. The Hall–Kier alpha value is -3.64. The van der Waals surface area contributed by atoms with Gasteiger partial charge in [0.2, 0.25) is 5.71 Å². The molecule has 24 heavy (non-hydrogen) atoms. The van der Waals surface area contributed by atoms with Gasteiger partial charge in [-0.15, -0.1) is 0 Å². The van der Waals surface area contributed by atoms with Crippen molar-refractivity contribution < 1.29 is 24.3 Å². The van der Waals surface area contributed by atoms with Crippen LogP contribution in [0.5, 0.6) is 0 Å². The lowest BCUT2D eigenvalue weighted by Crippen LogP contribution is -2.26. The number of non-ortho nitro benzene ring substituents is 1. The standard InChI is InChI=1S/C11H11N5O8/c1-2-24-11(17)9(6-14(18)19)13-12-8-4-3-7(15(20)21)5-10(8)16(22)23/h3-5,12H,2,6H2,1H3/b13-9-. The number of carbonyl (C=O) groups excluding carboxylic acids is 1. The first kappa shape index (κ1) is 18.4. The van der Waals surface area contributed by atoms with E-state index in [0.717, 1.165) is 12.1 Å². The SMILES string of the molecule is CCOC(=O)/C(C[N+](=O)[O-])=N\Nc1ccc([N+](=O)[O-])cc1[N+](=O)[O-]. The predicted octanol–water partition coefficient (Wildman–Crippen LogP) is 1.11. The summed E-state index contributed by atoms with van der Waals surface area (Å²) >= 11 is 0. The molecule has 128 valence electrons. The van der Waals surface area contributed by atoms with Gasteiger partial charge in [0, 0.05) is 11.0 Å². The number of hydrogen-bond donors (Lipinski definition) is 1. The van der Waals surface area contributed by atoms with Crippen LogP contribution < -0.4 is 5.43 Å². The molecule has 0 saturated carbocycles. The van der Waals surface area contributed by atoms with Crippen LogP contribution in [0.25, 0.3) is 0 Å². The molecule has 0 unspecified atom stereocenters. The van der Waals surface area contributed by atoms with Gasteiger partial charge in [0.15, 0.2) is 0 Å². The smallest absolute Gasteiger partial charge is 0.361 e. The summed E-state index contributed by atoms with van der Waals surface area (Å²) in [7, 11) is 0. The topological polar surface area (TPSA) is 180 Å². The fraction of sp³-hybridized carbons (Fsp3) is 0.273. The molecule has 1 aromatic carbocycles. The summed E-state index contributed by atoms with van der Waals surface area (Å²) in [6, 6.07) is 2.66. The Kier molecular flexibility index (Phi) is 6.22. The molecule has 0 fully saturated rings. The van der Waals surface area contributed by atoms with Crippen LogP contribution in [0.15, 0.2) is 23.3 Å². The molecule has 0 spiro atoms. The lowest BCUT2D eigenvalue weighted by atomic mass is 10.2. The van der Waals surface area contributed by atoms with Crippen molar-refractivity contribution in [2.24, 2.45) is 5.10 Å². The number of esters is 1. The second-order valence-electron chi connectivity index (χ2n) is 4.10. The van der Waals surface area contributed by atoms with Crippen LogP contribution >= 0.6 is 0 Å². The van der Waals surface area contributed by atoms with Crippen molar-refractivity contribution in [1.82, 2.24) is 0 Å². The number of rotatable bonds is 8.